The number of benzene rings is 1. The molecule has 3 amide bonds. The number of amides is 3. The van der Waals surface area contributed by atoms with Crippen LogP contribution in [0.3, 0.4) is 0 Å². The molecule has 0 aliphatic carbocycles. The summed E-state index contributed by atoms with van der Waals surface area (Å²) in [6.45, 7) is 0.271. The van der Waals surface area contributed by atoms with Gasteiger partial charge in [-0.3, -0.25) is 24.1 Å². The van der Waals surface area contributed by atoms with E-state index >= 15 is 0 Å². The van der Waals surface area contributed by atoms with Crippen molar-refractivity contribution in [1.29, 1.82) is 0 Å². The van der Waals surface area contributed by atoms with Crippen molar-refractivity contribution in [1.82, 2.24) is 20.2 Å². The van der Waals surface area contributed by atoms with Crippen LogP contribution in [0.15, 0.2) is 41.5 Å². The predicted octanol–water partition coefficient (Wildman–Crippen LogP) is 1.29. The van der Waals surface area contributed by atoms with Crippen LogP contribution in [0.25, 0.3) is 10.2 Å². The van der Waals surface area contributed by atoms with Gasteiger partial charge in [0.2, 0.25) is 5.91 Å². The second-order valence-electron chi connectivity index (χ2n) is 6.00. The lowest BCUT2D eigenvalue weighted by Gasteiger charge is -2.13. The second-order valence-corrected chi connectivity index (χ2v) is 7.11. The Kier molecular flexibility index (Phi) is 4.28. The lowest BCUT2D eigenvalue weighted by Crippen LogP contribution is -2.34. The molecule has 9 heteroatoms. The number of nitrogens with zero attached hydrogens (tertiary/aromatic N) is 2. The van der Waals surface area contributed by atoms with Crippen LogP contribution in [0, 0.1) is 0 Å². The summed E-state index contributed by atoms with van der Waals surface area (Å²) in [5, 5.41) is 3.22. The van der Waals surface area contributed by atoms with Crippen LogP contribution in [-0.4, -0.2) is 39.1 Å². The van der Waals surface area contributed by atoms with E-state index in [1.54, 1.807) is 30.3 Å². The van der Waals surface area contributed by atoms with E-state index in [-0.39, 0.29) is 42.8 Å². The van der Waals surface area contributed by atoms with Gasteiger partial charge in [-0.15, -0.1) is 11.3 Å². The Morgan fingerprint density at radius 1 is 1.15 bits per heavy atom. The summed E-state index contributed by atoms with van der Waals surface area (Å²) < 4.78 is 0. The third kappa shape index (κ3) is 3.13. The smallest absolute Gasteiger partial charge is 0.261 e. The van der Waals surface area contributed by atoms with Crippen molar-refractivity contribution in [3.05, 3.63) is 63.0 Å². The highest BCUT2D eigenvalue weighted by atomic mass is 32.1. The number of carbonyl (C=O) groups excluding carboxylic acids is 3. The lowest BCUT2D eigenvalue weighted by molar-refractivity contribution is -0.121. The fraction of sp³-hybridized carbons (Fsp3) is 0.167. The van der Waals surface area contributed by atoms with E-state index < -0.39 is 0 Å². The molecule has 0 fully saturated rings. The summed E-state index contributed by atoms with van der Waals surface area (Å²) in [6.07, 6.45) is 1.35. The number of nitrogens with one attached hydrogen (secondary N) is 2. The zero-order valence-electron chi connectivity index (χ0n) is 14.0. The van der Waals surface area contributed by atoms with Crippen LogP contribution < -0.4 is 10.9 Å². The number of fused-ring (bicyclic) bond motifs is 2. The molecule has 1 aliphatic rings. The molecule has 27 heavy (non-hydrogen) atoms. The minimum atomic E-state index is -0.377. The van der Waals surface area contributed by atoms with E-state index in [1.807, 2.05) is 0 Å². The Labute approximate surface area is 156 Å². The highest BCUT2D eigenvalue weighted by Crippen LogP contribution is 2.22. The number of imide groups is 1. The van der Waals surface area contributed by atoms with Gasteiger partial charge in [0.05, 0.1) is 29.4 Å². The number of hydrogen-bond acceptors (Lipinski definition) is 6. The Hall–Kier alpha value is -3.33. The summed E-state index contributed by atoms with van der Waals surface area (Å²) in [6, 6.07) is 8.30. The first-order chi connectivity index (χ1) is 13.0. The summed E-state index contributed by atoms with van der Waals surface area (Å²) >= 11 is 1.32. The predicted molar refractivity (Wildman–Crippen MR) is 98.5 cm³/mol. The van der Waals surface area contributed by atoms with Gasteiger partial charge in [-0.2, -0.15) is 0 Å². The van der Waals surface area contributed by atoms with Crippen LogP contribution in [-0.2, 0) is 11.3 Å². The molecule has 1 aliphatic heterocycles. The largest absolute Gasteiger partial charge is 0.351 e. The first kappa shape index (κ1) is 17.1. The lowest BCUT2D eigenvalue weighted by atomic mass is 10.1. The van der Waals surface area contributed by atoms with Crippen LogP contribution in [0.5, 0.6) is 0 Å². The third-order valence-electron chi connectivity index (χ3n) is 4.29. The number of thiophene rings is 1. The highest BCUT2D eigenvalue weighted by Gasteiger charge is 2.34. The van der Waals surface area contributed by atoms with E-state index in [0.29, 0.717) is 21.3 Å². The fourth-order valence-electron chi connectivity index (χ4n) is 2.93. The molecule has 3 aromatic rings. The van der Waals surface area contributed by atoms with Crippen molar-refractivity contribution in [3.8, 4) is 0 Å². The summed E-state index contributed by atoms with van der Waals surface area (Å²) in [5.41, 5.74) is 0.510. The van der Waals surface area contributed by atoms with Crippen LogP contribution in [0.2, 0.25) is 0 Å². The molecule has 0 saturated heterocycles. The van der Waals surface area contributed by atoms with Gasteiger partial charge in [0.1, 0.15) is 4.83 Å². The molecule has 8 nitrogen and oxygen atoms in total. The van der Waals surface area contributed by atoms with Crippen molar-refractivity contribution < 1.29 is 14.4 Å². The second kappa shape index (κ2) is 6.76. The summed E-state index contributed by atoms with van der Waals surface area (Å²) in [5.74, 6) is -1.04. The average Bonchev–Trinajstić information content (AvgIpc) is 3.20. The van der Waals surface area contributed by atoms with Crippen LogP contribution in [0.1, 0.15) is 32.0 Å². The number of rotatable bonds is 5. The van der Waals surface area contributed by atoms with Gasteiger partial charge < -0.3 is 10.3 Å². The summed E-state index contributed by atoms with van der Waals surface area (Å²) in [7, 11) is 0. The standard InChI is InChI=1S/C18H14N4O4S/c23-14(19-8-10-7-13-15(24)20-9-21-16(13)27-10)5-6-22-17(25)11-3-1-2-4-12(11)18(22)26/h1-4,7,9H,5-6,8H2,(H,19,23)(H,20,21,24). The maximum atomic E-state index is 12.3. The molecule has 1 aromatic carbocycles. The van der Waals surface area contributed by atoms with Crippen LogP contribution >= 0.6 is 11.3 Å². The molecule has 0 unspecified atom stereocenters. The molecule has 0 saturated carbocycles. The first-order valence-electron chi connectivity index (χ1n) is 8.22. The quantitative estimate of drug-likeness (QED) is 0.646. The van der Waals surface area contributed by atoms with Crippen molar-refractivity contribution in [2.45, 2.75) is 13.0 Å². The van der Waals surface area contributed by atoms with Gasteiger partial charge in [0.15, 0.2) is 0 Å². The Balaban J connectivity index is 1.35. The van der Waals surface area contributed by atoms with Gasteiger partial charge in [-0.25, -0.2) is 4.98 Å². The van der Waals surface area contributed by atoms with Crippen molar-refractivity contribution in [2.24, 2.45) is 0 Å². The molecule has 2 N–H and O–H groups in total. The SMILES string of the molecule is O=C(CCN1C(=O)c2ccccc2C1=O)NCc1cc2c(=O)[nH]cnc2s1. The molecular formula is C18H14N4O4S. The third-order valence-corrected chi connectivity index (χ3v) is 5.33. The molecule has 3 heterocycles. The molecule has 0 spiro atoms. The zero-order valence-corrected chi connectivity index (χ0v) is 14.8. The minimum Gasteiger partial charge on any atom is -0.351 e. The van der Waals surface area contributed by atoms with Gasteiger partial charge in [-0.05, 0) is 18.2 Å². The van der Waals surface area contributed by atoms with Gasteiger partial charge in [0, 0.05) is 17.8 Å². The maximum Gasteiger partial charge on any atom is 0.261 e. The number of carbonyl (C=O) groups is 3. The number of aromatic amines is 1. The number of hydrogen-bond donors (Lipinski definition) is 2. The topological polar surface area (TPSA) is 112 Å². The van der Waals surface area contributed by atoms with Gasteiger partial charge >= 0.3 is 0 Å². The highest BCUT2D eigenvalue weighted by molar-refractivity contribution is 7.18. The molecular weight excluding hydrogens is 368 g/mol. The van der Waals surface area contributed by atoms with E-state index in [4.69, 9.17) is 0 Å². The Bertz CT molecular complexity index is 1100. The molecule has 0 radical (unpaired) electrons. The van der Waals surface area contributed by atoms with Gasteiger partial charge in [0.25, 0.3) is 17.4 Å². The molecule has 136 valence electrons. The average molecular weight is 382 g/mol. The van der Waals surface area contributed by atoms with Gasteiger partial charge in [-0.1, -0.05) is 12.1 Å². The minimum absolute atomic E-state index is 0.00912. The monoisotopic (exact) mass is 382 g/mol. The van der Waals surface area contributed by atoms with Crippen molar-refractivity contribution in [2.75, 3.05) is 6.54 Å². The van der Waals surface area contributed by atoms with E-state index in [0.717, 1.165) is 9.78 Å². The zero-order chi connectivity index (χ0) is 19.0. The molecule has 4 rings (SSSR count). The molecule has 0 bridgehead atoms. The Morgan fingerprint density at radius 2 is 1.85 bits per heavy atom. The molecule has 2 aromatic heterocycles. The Morgan fingerprint density at radius 3 is 2.52 bits per heavy atom. The van der Waals surface area contributed by atoms with E-state index in [1.165, 1.54) is 17.7 Å². The fourth-order valence-corrected chi connectivity index (χ4v) is 3.87. The first-order valence-corrected chi connectivity index (χ1v) is 9.04. The summed E-state index contributed by atoms with van der Waals surface area (Å²) in [4.78, 5) is 57.4. The van der Waals surface area contributed by atoms with E-state index in [9.17, 15) is 19.2 Å². The molecule has 0 atom stereocenters. The normalized spacial score (nSPS) is 13.3. The maximum absolute atomic E-state index is 12.3. The van der Waals surface area contributed by atoms with Crippen LogP contribution in [0.4, 0.5) is 0 Å². The number of aromatic nitrogens is 2. The number of H-pyrrole nitrogens is 1. The van der Waals surface area contributed by atoms with E-state index in [2.05, 4.69) is 15.3 Å². The van der Waals surface area contributed by atoms with Crippen molar-refractivity contribution in [3.63, 3.8) is 0 Å². The van der Waals surface area contributed by atoms with Crippen molar-refractivity contribution >= 4 is 39.3 Å².